The number of rotatable bonds is 13. The Kier molecular flexibility index (Phi) is 11.3. The summed E-state index contributed by atoms with van der Waals surface area (Å²) in [4.78, 5) is 34.7. The quantitative estimate of drug-likeness (QED) is 0.126. The molecule has 2 N–H and O–H groups in total. The molecule has 3 aliphatic carbocycles. The van der Waals surface area contributed by atoms with E-state index < -0.39 is 40.9 Å². The number of nitrogens with zero attached hydrogens (tertiary/aromatic N) is 3. The Labute approximate surface area is 344 Å². The van der Waals surface area contributed by atoms with Gasteiger partial charge in [-0.1, -0.05) is 35.9 Å². The lowest BCUT2D eigenvalue weighted by atomic mass is 9.67. The third kappa shape index (κ3) is 8.11. The number of hydrogen-bond acceptors (Lipinski definition) is 9. The molecule has 2 saturated heterocycles. The lowest BCUT2D eigenvalue weighted by Gasteiger charge is -2.50. The summed E-state index contributed by atoms with van der Waals surface area (Å²) in [5.41, 5.74) is 2.19. The van der Waals surface area contributed by atoms with Crippen molar-refractivity contribution in [3.8, 4) is 40.0 Å². The summed E-state index contributed by atoms with van der Waals surface area (Å²) >= 11 is 7.08. The number of aromatic nitrogens is 2. The highest BCUT2D eigenvalue weighted by atomic mass is 35.5. The molecule has 4 aromatic rings. The first-order chi connectivity index (χ1) is 28.3. The normalized spacial score (nSPS) is 22.8. The number of aliphatic carboxylic acids is 1. The molecule has 5 aliphatic rings. The van der Waals surface area contributed by atoms with E-state index in [2.05, 4.69) is 10.3 Å². The van der Waals surface area contributed by atoms with Gasteiger partial charge >= 0.3 is 12.1 Å². The molecule has 2 saturated carbocycles. The van der Waals surface area contributed by atoms with Crippen molar-refractivity contribution in [2.45, 2.75) is 89.2 Å². The molecule has 10 nitrogen and oxygen atoms in total. The van der Waals surface area contributed by atoms with Crippen LogP contribution in [0.5, 0.6) is 17.6 Å². The number of carbonyl (C=O) groups excluding carboxylic acids is 1. The Morgan fingerprint density at radius 3 is 2.39 bits per heavy atom. The topological polar surface area (TPSA) is 123 Å². The highest BCUT2D eigenvalue weighted by molar-refractivity contribution is 6.36. The maximum atomic E-state index is 15.5. The molecular weight excluding hydrogens is 792 g/mol. The Morgan fingerprint density at radius 1 is 0.949 bits per heavy atom. The molecular formula is C44H45ClF4N4O6. The Morgan fingerprint density at radius 2 is 1.69 bits per heavy atom. The standard InChI is InChI=1S/C44H45ClF4N4O6/c1-57-39-25(21-50-20-24-6-8-29(54)16-24)7-10-36(51-39)32-5-3-4-31(38(32)45)33-18-27(46)19-34-30(33)9-11-37(34)59-41-35(44(47,48)49)17-26(40(52-41)58-2)22-53-23-43(42(55)56)14-12-28(53)13-15-43/h3-5,7,10,17-19,24,28,37,50H,6,8-9,11-16,20-23H2,1-2H3,(H,55,56)/t24-,28?,37+,43?/m1/s1. The number of hydrogen-bond donors (Lipinski definition) is 2. The summed E-state index contributed by atoms with van der Waals surface area (Å²) < 4.78 is 77.0. The number of piperidine rings is 2. The van der Waals surface area contributed by atoms with E-state index in [0.717, 1.165) is 18.1 Å². The molecule has 0 unspecified atom stereocenters. The minimum Gasteiger partial charge on any atom is -0.481 e. The Bertz CT molecular complexity index is 2280. The summed E-state index contributed by atoms with van der Waals surface area (Å²) in [7, 11) is 2.85. The first-order valence-corrected chi connectivity index (χ1v) is 20.3. The molecule has 0 spiro atoms. The highest BCUT2D eigenvalue weighted by Crippen LogP contribution is 2.48. The van der Waals surface area contributed by atoms with Gasteiger partial charge in [0.05, 0.1) is 30.4 Å². The van der Waals surface area contributed by atoms with Gasteiger partial charge in [-0.3, -0.25) is 14.5 Å². The number of carboxylic acid groups (broad SMARTS) is 1. The van der Waals surface area contributed by atoms with Gasteiger partial charge in [0.1, 0.15) is 23.3 Å². The van der Waals surface area contributed by atoms with E-state index in [-0.39, 0.29) is 37.0 Å². The molecule has 4 heterocycles. The fourth-order valence-corrected chi connectivity index (χ4v) is 9.81. The number of methoxy groups -OCH3 is 2. The lowest BCUT2D eigenvalue weighted by Crippen LogP contribution is -2.56. The van der Waals surface area contributed by atoms with Crippen LogP contribution in [0.4, 0.5) is 17.6 Å². The zero-order valence-corrected chi connectivity index (χ0v) is 33.5. The minimum absolute atomic E-state index is 0.0357. The molecule has 2 bridgehead atoms. The van der Waals surface area contributed by atoms with Gasteiger partial charge < -0.3 is 24.6 Å². The van der Waals surface area contributed by atoms with Gasteiger partial charge in [0.2, 0.25) is 17.6 Å². The third-order valence-electron chi connectivity index (χ3n) is 12.6. The molecule has 2 aromatic heterocycles. The number of pyridine rings is 2. The molecule has 59 heavy (non-hydrogen) atoms. The smallest absolute Gasteiger partial charge is 0.421 e. The van der Waals surface area contributed by atoms with E-state index in [1.54, 1.807) is 18.2 Å². The SMILES string of the molecule is COc1nc(-c2cccc(-c3cc(F)cc4c3CC[C@@H]4Oc3nc(OC)c(CN4CC5(C(=O)O)CCC4CC5)cc3C(F)(F)F)c2Cl)ccc1CNC[C@@H]1CCC(=O)C1. The predicted molar refractivity (Wildman–Crippen MR) is 211 cm³/mol. The van der Waals surface area contributed by atoms with E-state index in [9.17, 15) is 27.9 Å². The van der Waals surface area contributed by atoms with Crippen LogP contribution in [-0.2, 0) is 35.3 Å². The molecule has 4 fully saturated rings. The number of halogens is 5. The van der Waals surface area contributed by atoms with E-state index in [1.807, 2.05) is 17.0 Å². The molecule has 15 heteroatoms. The minimum atomic E-state index is -4.85. The van der Waals surface area contributed by atoms with Crippen molar-refractivity contribution in [3.63, 3.8) is 0 Å². The maximum absolute atomic E-state index is 15.5. The zero-order valence-electron chi connectivity index (χ0n) is 32.8. The monoisotopic (exact) mass is 836 g/mol. The second-order valence-corrected chi connectivity index (χ2v) is 16.6. The van der Waals surface area contributed by atoms with Gasteiger partial charge in [0, 0.05) is 60.8 Å². The lowest BCUT2D eigenvalue weighted by molar-refractivity contribution is -0.160. The second kappa shape index (κ2) is 16.3. The van der Waals surface area contributed by atoms with Gasteiger partial charge in [0.15, 0.2) is 0 Å². The molecule has 2 aromatic carbocycles. The summed E-state index contributed by atoms with van der Waals surface area (Å²) in [6, 6.07) is 12.7. The van der Waals surface area contributed by atoms with E-state index >= 15 is 4.39 Å². The molecule has 312 valence electrons. The summed E-state index contributed by atoms with van der Waals surface area (Å²) in [6.45, 7) is 1.48. The number of nitrogens with one attached hydrogen (secondary N) is 1. The first kappa shape index (κ1) is 41.0. The Balaban J connectivity index is 1.05. The van der Waals surface area contributed by atoms with Crippen molar-refractivity contribution in [1.82, 2.24) is 20.2 Å². The summed E-state index contributed by atoms with van der Waals surface area (Å²) in [6.07, 6.45) is -0.710. The van der Waals surface area contributed by atoms with E-state index in [4.69, 9.17) is 30.8 Å². The van der Waals surface area contributed by atoms with E-state index in [1.165, 1.54) is 26.4 Å². The van der Waals surface area contributed by atoms with Gasteiger partial charge in [-0.25, -0.2) is 9.37 Å². The van der Waals surface area contributed by atoms with Crippen LogP contribution in [-0.4, -0.2) is 65.1 Å². The van der Waals surface area contributed by atoms with Crippen LogP contribution in [0.25, 0.3) is 22.4 Å². The van der Waals surface area contributed by atoms with Crippen LogP contribution in [0.15, 0.2) is 48.5 Å². The fourth-order valence-electron chi connectivity index (χ4n) is 9.48. The number of carbonyl (C=O) groups is 2. The number of alkyl halides is 3. The van der Waals surface area contributed by atoms with Crippen molar-refractivity contribution in [2.75, 3.05) is 27.3 Å². The molecule has 0 amide bonds. The van der Waals surface area contributed by atoms with E-state index in [0.29, 0.717) is 114 Å². The van der Waals surface area contributed by atoms with Crippen molar-refractivity contribution in [3.05, 3.63) is 87.2 Å². The average molecular weight is 837 g/mol. The first-order valence-electron chi connectivity index (χ1n) is 19.9. The largest absolute Gasteiger partial charge is 0.481 e. The van der Waals surface area contributed by atoms with Crippen molar-refractivity contribution < 1.29 is 46.5 Å². The number of fused-ring (bicyclic) bond motifs is 4. The summed E-state index contributed by atoms with van der Waals surface area (Å²) in [5, 5.41) is 13.7. The second-order valence-electron chi connectivity index (χ2n) is 16.2. The number of benzene rings is 2. The Hall–Kier alpha value is -4.79. The molecule has 0 radical (unpaired) electrons. The number of ketones is 1. The van der Waals surface area contributed by atoms with Crippen LogP contribution < -0.4 is 19.5 Å². The predicted octanol–water partition coefficient (Wildman–Crippen LogP) is 8.99. The number of Topliss-reactive ketones (excluding diaryl/α,β-unsaturated/α-hetero) is 1. The molecule has 2 atom stereocenters. The fraction of sp³-hybridized carbons (Fsp3) is 0.455. The van der Waals surface area contributed by atoms with Crippen LogP contribution in [0.3, 0.4) is 0 Å². The van der Waals surface area contributed by atoms with Crippen LogP contribution in [0.2, 0.25) is 5.02 Å². The number of carboxylic acids is 1. The molecule has 9 rings (SSSR count). The van der Waals surface area contributed by atoms with Crippen LogP contribution >= 0.6 is 11.6 Å². The van der Waals surface area contributed by atoms with Crippen LogP contribution in [0, 0.1) is 17.2 Å². The van der Waals surface area contributed by atoms with Gasteiger partial charge in [0.25, 0.3) is 0 Å². The summed E-state index contributed by atoms with van der Waals surface area (Å²) in [5.74, 6) is -1.22. The average Bonchev–Trinajstić information content (AvgIpc) is 3.83. The van der Waals surface area contributed by atoms with Crippen molar-refractivity contribution in [1.29, 1.82) is 0 Å². The van der Waals surface area contributed by atoms with Gasteiger partial charge in [-0.05, 0) is 98.4 Å². The van der Waals surface area contributed by atoms with Crippen molar-refractivity contribution in [2.24, 2.45) is 11.3 Å². The third-order valence-corrected chi connectivity index (χ3v) is 13.0. The van der Waals surface area contributed by atoms with Gasteiger partial charge in [-0.15, -0.1) is 0 Å². The van der Waals surface area contributed by atoms with Crippen molar-refractivity contribution >= 4 is 23.4 Å². The van der Waals surface area contributed by atoms with Gasteiger partial charge in [-0.2, -0.15) is 18.2 Å². The molecule has 2 aliphatic heterocycles. The number of ether oxygens (including phenoxy) is 3. The van der Waals surface area contributed by atoms with Crippen LogP contribution in [0.1, 0.15) is 85.3 Å². The maximum Gasteiger partial charge on any atom is 0.421 e. The highest BCUT2D eigenvalue weighted by Gasteiger charge is 2.50. The zero-order chi connectivity index (χ0) is 41.6.